The van der Waals surface area contributed by atoms with Gasteiger partial charge in [-0.25, -0.2) is 0 Å². The molecule has 260 valence electrons. The van der Waals surface area contributed by atoms with E-state index in [9.17, 15) is 5.11 Å². The first kappa shape index (κ1) is 37.7. The van der Waals surface area contributed by atoms with Gasteiger partial charge >= 0.3 is 0 Å². The second kappa shape index (κ2) is 15.9. The highest BCUT2D eigenvalue weighted by Crippen LogP contribution is 2.44. The van der Waals surface area contributed by atoms with Gasteiger partial charge in [0.2, 0.25) is 17.8 Å². The maximum atomic E-state index is 9.77. The SMILES string of the molecule is CON1C(C)(C)CC(CCCCNc2nc(NCCCCC3CC(C)(C)N(OC)C(C)(C)C3)nc(NCC(C)O)n2)CC1(C)C. The van der Waals surface area contributed by atoms with Gasteiger partial charge in [-0.3, -0.25) is 0 Å². The lowest BCUT2D eigenvalue weighted by Gasteiger charge is -2.53. The van der Waals surface area contributed by atoms with Crippen LogP contribution in [0.15, 0.2) is 0 Å². The minimum absolute atomic E-state index is 0.0267. The molecule has 2 aliphatic rings. The number of aromatic nitrogens is 3. The van der Waals surface area contributed by atoms with Crippen LogP contribution in [0.1, 0.15) is 127 Å². The zero-order valence-corrected chi connectivity index (χ0v) is 30.4. The zero-order valence-electron chi connectivity index (χ0n) is 30.4. The highest BCUT2D eigenvalue weighted by molar-refractivity contribution is 5.42. The lowest BCUT2D eigenvalue weighted by molar-refractivity contribution is -0.272. The number of aliphatic hydroxyl groups excluding tert-OH is 1. The fraction of sp³-hybridized carbons (Fsp3) is 0.912. The molecule has 2 fully saturated rings. The van der Waals surface area contributed by atoms with Crippen LogP contribution in [0.25, 0.3) is 0 Å². The summed E-state index contributed by atoms with van der Waals surface area (Å²) in [5.41, 5.74) is 0.107. The standard InChI is InChI=1S/C34H66N8O3/c1-25(43)24-37-30-39-28(35-18-14-12-16-26-20-31(2,3)41(44-10)32(4,5)21-26)38-29(40-30)36-19-15-13-17-27-22-33(6,7)42(45-11)34(8,9)23-27/h25-27,43H,12-24H2,1-11H3,(H3,35,36,37,38,39,40). The molecule has 3 rings (SSSR count). The van der Waals surface area contributed by atoms with Crippen molar-refractivity contribution in [3.63, 3.8) is 0 Å². The van der Waals surface area contributed by atoms with E-state index in [2.05, 4.69) is 96.4 Å². The molecule has 1 aromatic heterocycles. The molecule has 1 unspecified atom stereocenters. The molecule has 11 nitrogen and oxygen atoms in total. The smallest absolute Gasteiger partial charge is 0.229 e. The van der Waals surface area contributed by atoms with Gasteiger partial charge in [0.15, 0.2) is 0 Å². The third-order valence-corrected chi connectivity index (χ3v) is 9.55. The van der Waals surface area contributed by atoms with Crippen LogP contribution in [0.5, 0.6) is 0 Å². The van der Waals surface area contributed by atoms with Gasteiger partial charge in [0.1, 0.15) is 0 Å². The largest absolute Gasteiger partial charge is 0.392 e. The van der Waals surface area contributed by atoms with E-state index in [1.54, 1.807) is 21.1 Å². The average Bonchev–Trinajstić information content (AvgIpc) is 2.89. The first-order valence-corrected chi connectivity index (χ1v) is 17.3. The average molecular weight is 635 g/mol. The molecular formula is C34H66N8O3. The summed E-state index contributed by atoms with van der Waals surface area (Å²) in [5.74, 6) is 2.96. The molecule has 3 heterocycles. The Bertz CT molecular complexity index is 940. The zero-order chi connectivity index (χ0) is 33.5. The molecule has 0 saturated carbocycles. The Morgan fingerprint density at radius 2 is 0.978 bits per heavy atom. The number of hydrogen-bond acceptors (Lipinski definition) is 11. The van der Waals surface area contributed by atoms with E-state index in [-0.39, 0.29) is 22.2 Å². The second-order valence-corrected chi connectivity index (χ2v) is 16.1. The van der Waals surface area contributed by atoms with Crippen molar-refractivity contribution < 1.29 is 14.8 Å². The monoisotopic (exact) mass is 635 g/mol. The fourth-order valence-electron chi connectivity index (χ4n) is 8.71. The van der Waals surface area contributed by atoms with Crippen LogP contribution in [0.2, 0.25) is 0 Å². The Morgan fingerprint density at radius 3 is 1.29 bits per heavy atom. The van der Waals surface area contributed by atoms with Gasteiger partial charge < -0.3 is 30.7 Å². The predicted molar refractivity (Wildman–Crippen MR) is 184 cm³/mol. The number of hydroxylamine groups is 4. The van der Waals surface area contributed by atoms with Gasteiger partial charge in [-0.15, -0.1) is 0 Å². The number of hydrogen-bond donors (Lipinski definition) is 4. The first-order valence-electron chi connectivity index (χ1n) is 17.3. The Balaban J connectivity index is 1.46. The second-order valence-electron chi connectivity index (χ2n) is 16.1. The van der Waals surface area contributed by atoms with Crippen molar-refractivity contribution in [3.05, 3.63) is 0 Å². The topological polar surface area (TPSA) is 120 Å². The van der Waals surface area contributed by atoms with Gasteiger partial charge in [0.25, 0.3) is 0 Å². The maximum absolute atomic E-state index is 9.77. The van der Waals surface area contributed by atoms with E-state index in [0.29, 0.717) is 36.2 Å². The van der Waals surface area contributed by atoms with Crippen molar-refractivity contribution >= 4 is 17.8 Å². The minimum Gasteiger partial charge on any atom is -0.392 e. The van der Waals surface area contributed by atoms with E-state index in [1.807, 2.05) is 0 Å². The van der Waals surface area contributed by atoms with E-state index >= 15 is 0 Å². The number of piperidine rings is 2. The highest BCUT2D eigenvalue weighted by atomic mass is 16.7. The molecule has 0 aliphatic carbocycles. The van der Waals surface area contributed by atoms with Crippen molar-refractivity contribution in [2.75, 3.05) is 49.8 Å². The summed E-state index contributed by atoms with van der Waals surface area (Å²) in [7, 11) is 3.58. The van der Waals surface area contributed by atoms with Crippen LogP contribution in [-0.2, 0) is 9.68 Å². The summed E-state index contributed by atoms with van der Waals surface area (Å²) in [6, 6.07) is 0. The fourth-order valence-corrected chi connectivity index (χ4v) is 8.71. The summed E-state index contributed by atoms with van der Waals surface area (Å²) < 4.78 is 0. The molecule has 4 N–H and O–H groups in total. The van der Waals surface area contributed by atoms with Crippen LogP contribution in [0, 0.1) is 11.8 Å². The molecule has 0 bridgehead atoms. The molecule has 2 aliphatic heterocycles. The molecule has 0 amide bonds. The Morgan fingerprint density at radius 1 is 0.644 bits per heavy atom. The normalized spacial score (nSPS) is 22.7. The third kappa shape index (κ3) is 10.9. The van der Waals surface area contributed by atoms with Gasteiger partial charge in [0.05, 0.1) is 20.3 Å². The number of anilines is 3. The number of nitrogens with one attached hydrogen (secondary N) is 3. The summed E-state index contributed by atoms with van der Waals surface area (Å²) in [6.45, 7) is 22.0. The Labute approximate surface area is 273 Å². The van der Waals surface area contributed by atoms with Crippen LogP contribution < -0.4 is 16.0 Å². The Kier molecular flexibility index (Phi) is 13.3. The summed E-state index contributed by atoms with van der Waals surface area (Å²) in [5, 5.41) is 24.1. The van der Waals surface area contributed by atoms with E-state index < -0.39 is 6.10 Å². The van der Waals surface area contributed by atoms with Crippen molar-refractivity contribution in [1.82, 2.24) is 25.1 Å². The van der Waals surface area contributed by atoms with Gasteiger partial charge in [0, 0.05) is 41.8 Å². The lowest BCUT2D eigenvalue weighted by atomic mass is 9.73. The van der Waals surface area contributed by atoms with Crippen LogP contribution >= 0.6 is 0 Å². The molecule has 2 saturated heterocycles. The quantitative estimate of drug-likeness (QED) is 0.141. The van der Waals surface area contributed by atoms with Crippen molar-refractivity contribution in [3.8, 4) is 0 Å². The highest BCUT2D eigenvalue weighted by Gasteiger charge is 2.46. The molecule has 0 aromatic carbocycles. The number of aliphatic hydroxyl groups is 1. The third-order valence-electron chi connectivity index (χ3n) is 9.55. The van der Waals surface area contributed by atoms with Gasteiger partial charge in [-0.2, -0.15) is 25.1 Å². The minimum atomic E-state index is -0.494. The van der Waals surface area contributed by atoms with Crippen molar-refractivity contribution in [2.45, 2.75) is 155 Å². The van der Waals surface area contributed by atoms with E-state index in [4.69, 9.17) is 9.68 Å². The van der Waals surface area contributed by atoms with E-state index in [1.165, 1.54) is 12.8 Å². The van der Waals surface area contributed by atoms with Crippen LogP contribution in [0.3, 0.4) is 0 Å². The molecule has 0 radical (unpaired) electrons. The van der Waals surface area contributed by atoms with Crippen molar-refractivity contribution in [2.24, 2.45) is 11.8 Å². The molecular weight excluding hydrogens is 568 g/mol. The predicted octanol–water partition coefficient (Wildman–Crippen LogP) is 6.49. The number of rotatable bonds is 17. The summed E-state index contributed by atoms with van der Waals surface area (Å²) in [4.78, 5) is 25.3. The number of unbranched alkanes of at least 4 members (excludes halogenated alkanes) is 2. The molecule has 11 heteroatoms. The first-order chi connectivity index (χ1) is 21.0. The van der Waals surface area contributed by atoms with Crippen LogP contribution in [-0.4, -0.2) is 92.3 Å². The Hall–Kier alpha value is -1.79. The number of nitrogens with zero attached hydrogens (tertiary/aromatic N) is 5. The lowest BCUT2D eigenvalue weighted by Crippen LogP contribution is -2.59. The maximum Gasteiger partial charge on any atom is 0.229 e. The van der Waals surface area contributed by atoms with Gasteiger partial charge in [-0.05, 0) is 113 Å². The summed E-state index contributed by atoms with van der Waals surface area (Å²) >= 11 is 0. The molecule has 45 heavy (non-hydrogen) atoms. The van der Waals surface area contributed by atoms with Crippen LogP contribution in [0.4, 0.5) is 17.8 Å². The van der Waals surface area contributed by atoms with Gasteiger partial charge in [-0.1, -0.05) is 25.7 Å². The van der Waals surface area contributed by atoms with Crippen molar-refractivity contribution in [1.29, 1.82) is 0 Å². The van der Waals surface area contributed by atoms with E-state index in [0.717, 1.165) is 64.5 Å². The molecule has 1 aromatic rings. The molecule has 1 atom stereocenters. The summed E-state index contributed by atoms with van der Waals surface area (Å²) in [6.07, 6.45) is 10.9. The molecule has 0 spiro atoms.